The molecule has 0 aromatic heterocycles. The first kappa shape index (κ1) is 16.3. The minimum atomic E-state index is -0.441. The Morgan fingerprint density at radius 3 is 2.55 bits per heavy atom. The van der Waals surface area contributed by atoms with Crippen LogP contribution in [0.25, 0.3) is 0 Å². The van der Waals surface area contributed by atoms with Gasteiger partial charge in [-0.05, 0) is 40.0 Å². The number of halogens is 1. The molecule has 0 aromatic carbocycles. The number of nitrogens with zero attached hydrogens (tertiary/aromatic N) is 1. The molecule has 0 aliphatic carbocycles. The number of ether oxygens (including phenoxy) is 2. The Hall–Kier alpha value is -0.0800. The lowest BCUT2D eigenvalue weighted by molar-refractivity contribution is 0.0375. The van der Waals surface area contributed by atoms with Crippen molar-refractivity contribution in [3.8, 4) is 0 Å². The standard InChI is InChI=1S/C14H25IN2O3/c1-14(2,3)20-13(18)16-11-4-7-17(12(11)15)10-5-8-19-9-6-10/h10-12H,4-9H2,1-3H3,(H,16,18). The van der Waals surface area contributed by atoms with Crippen LogP contribution < -0.4 is 5.32 Å². The molecule has 2 saturated heterocycles. The van der Waals surface area contributed by atoms with Crippen LogP contribution in [0.15, 0.2) is 0 Å². The largest absolute Gasteiger partial charge is 0.444 e. The summed E-state index contributed by atoms with van der Waals surface area (Å²) in [7, 11) is 0. The van der Waals surface area contributed by atoms with E-state index < -0.39 is 5.60 Å². The van der Waals surface area contributed by atoms with Crippen molar-refractivity contribution in [2.75, 3.05) is 19.8 Å². The highest BCUT2D eigenvalue weighted by Gasteiger charge is 2.38. The smallest absolute Gasteiger partial charge is 0.407 e. The second kappa shape index (κ2) is 6.79. The molecule has 2 aliphatic rings. The zero-order valence-electron chi connectivity index (χ0n) is 12.5. The summed E-state index contributed by atoms with van der Waals surface area (Å²) in [6, 6.07) is 0.768. The van der Waals surface area contributed by atoms with Gasteiger partial charge in [-0.15, -0.1) is 0 Å². The molecule has 0 spiro atoms. The van der Waals surface area contributed by atoms with Crippen LogP contribution in [0.5, 0.6) is 0 Å². The Morgan fingerprint density at radius 2 is 1.95 bits per heavy atom. The number of hydrogen-bond acceptors (Lipinski definition) is 4. The van der Waals surface area contributed by atoms with E-state index in [1.165, 1.54) is 0 Å². The van der Waals surface area contributed by atoms with Gasteiger partial charge in [0.1, 0.15) is 5.60 Å². The second-order valence-electron chi connectivity index (χ2n) is 6.50. The Bertz CT molecular complexity index is 340. The van der Waals surface area contributed by atoms with Gasteiger partial charge in [0.15, 0.2) is 0 Å². The summed E-state index contributed by atoms with van der Waals surface area (Å²) in [5.74, 6) is 0. The molecule has 2 atom stereocenters. The summed E-state index contributed by atoms with van der Waals surface area (Å²) in [5.41, 5.74) is -0.441. The molecule has 0 bridgehead atoms. The van der Waals surface area contributed by atoms with Crippen molar-refractivity contribution in [1.82, 2.24) is 10.2 Å². The molecule has 6 heteroatoms. The average molecular weight is 396 g/mol. The molecule has 0 aromatic rings. The molecular weight excluding hydrogens is 371 g/mol. The predicted molar refractivity (Wildman–Crippen MR) is 86.1 cm³/mol. The number of nitrogens with one attached hydrogen (secondary N) is 1. The van der Waals surface area contributed by atoms with Crippen LogP contribution in [0.2, 0.25) is 0 Å². The fraction of sp³-hybridized carbons (Fsp3) is 0.929. The van der Waals surface area contributed by atoms with Crippen LogP contribution in [0.3, 0.4) is 0 Å². The summed E-state index contributed by atoms with van der Waals surface area (Å²) < 4.78 is 11.1. The Morgan fingerprint density at radius 1 is 1.30 bits per heavy atom. The van der Waals surface area contributed by atoms with E-state index in [4.69, 9.17) is 9.47 Å². The number of likely N-dealkylation sites (tertiary alicyclic amines) is 1. The Kier molecular flexibility index (Phi) is 5.53. The number of alkyl carbamates (subject to hydrolysis) is 1. The molecular formula is C14H25IN2O3. The highest BCUT2D eigenvalue weighted by atomic mass is 127. The number of hydrogen-bond donors (Lipinski definition) is 1. The molecule has 2 aliphatic heterocycles. The van der Waals surface area contributed by atoms with Gasteiger partial charge in [0.25, 0.3) is 0 Å². The first-order valence-electron chi connectivity index (χ1n) is 7.34. The maximum absolute atomic E-state index is 11.9. The zero-order valence-corrected chi connectivity index (χ0v) is 14.7. The van der Waals surface area contributed by atoms with Crippen molar-refractivity contribution in [2.24, 2.45) is 0 Å². The third kappa shape index (κ3) is 4.46. The zero-order chi connectivity index (χ0) is 14.8. The monoisotopic (exact) mass is 396 g/mol. The number of carbonyl (C=O) groups excluding carboxylic acids is 1. The number of alkyl halides is 1. The summed E-state index contributed by atoms with van der Waals surface area (Å²) in [6.07, 6.45) is 2.87. The van der Waals surface area contributed by atoms with E-state index in [9.17, 15) is 4.79 Å². The lowest BCUT2D eigenvalue weighted by atomic mass is 10.1. The van der Waals surface area contributed by atoms with E-state index in [1.807, 2.05) is 20.8 Å². The van der Waals surface area contributed by atoms with E-state index in [2.05, 4.69) is 32.8 Å². The highest BCUT2D eigenvalue weighted by Crippen LogP contribution is 2.29. The minimum Gasteiger partial charge on any atom is -0.444 e. The Labute approximate surface area is 134 Å². The van der Waals surface area contributed by atoms with E-state index in [0.29, 0.717) is 10.1 Å². The molecule has 1 N–H and O–H groups in total. The summed E-state index contributed by atoms with van der Waals surface area (Å²) >= 11 is 2.44. The van der Waals surface area contributed by atoms with Crippen molar-refractivity contribution in [2.45, 2.75) is 61.8 Å². The van der Waals surface area contributed by atoms with Gasteiger partial charge in [-0.25, -0.2) is 4.79 Å². The van der Waals surface area contributed by atoms with E-state index in [0.717, 1.165) is 39.0 Å². The van der Waals surface area contributed by atoms with Gasteiger partial charge < -0.3 is 14.8 Å². The van der Waals surface area contributed by atoms with E-state index in [-0.39, 0.29) is 12.1 Å². The minimum absolute atomic E-state index is 0.174. The lowest BCUT2D eigenvalue weighted by Gasteiger charge is -2.34. The third-order valence-electron chi connectivity index (χ3n) is 3.71. The Balaban J connectivity index is 1.84. The van der Waals surface area contributed by atoms with Crippen molar-refractivity contribution < 1.29 is 14.3 Å². The number of amides is 1. The van der Waals surface area contributed by atoms with Crippen LogP contribution in [0.4, 0.5) is 4.79 Å². The van der Waals surface area contributed by atoms with Crippen molar-refractivity contribution in [3.05, 3.63) is 0 Å². The molecule has 2 heterocycles. The lowest BCUT2D eigenvalue weighted by Crippen LogP contribution is -2.47. The van der Waals surface area contributed by atoms with Gasteiger partial charge in [0, 0.05) is 25.8 Å². The van der Waals surface area contributed by atoms with Gasteiger partial charge in [-0.3, -0.25) is 4.90 Å². The highest BCUT2D eigenvalue weighted by molar-refractivity contribution is 14.1. The maximum atomic E-state index is 11.9. The van der Waals surface area contributed by atoms with Gasteiger partial charge in [0.05, 0.1) is 10.1 Å². The number of carbonyl (C=O) groups is 1. The van der Waals surface area contributed by atoms with Gasteiger partial charge in [-0.1, -0.05) is 22.6 Å². The van der Waals surface area contributed by atoms with Gasteiger partial charge in [-0.2, -0.15) is 0 Å². The summed E-state index contributed by atoms with van der Waals surface area (Å²) in [5, 5.41) is 3.01. The molecule has 1 amide bonds. The van der Waals surface area contributed by atoms with Crippen LogP contribution in [0.1, 0.15) is 40.0 Å². The summed E-state index contributed by atoms with van der Waals surface area (Å²) in [4.78, 5) is 14.4. The van der Waals surface area contributed by atoms with E-state index in [1.54, 1.807) is 0 Å². The second-order valence-corrected chi connectivity index (χ2v) is 7.77. The summed E-state index contributed by atoms with van der Waals surface area (Å²) in [6.45, 7) is 8.41. The van der Waals surface area contributed by atoms with Crippen molar-refractivity contribution in [3.63, 3.8) is 0 Å². The fourth-order valence-corrected chi connectivity index (χ4v) is 4.05. The molecule has 2 fully saturated rings. The first-order chi connectivity index (χ1) is 9.37. The molecule has 2 unspecified atom stereocenters. The van der Waals surface area contributed by atoms with Crippen molar-refractivity contribution in [1.29, 1.82) is 0 Å². The molecule has 0 radical (unpaired) electrons. The van der Waals surface area contributed by atoms with Crippen LogP contribution in [0, 0.1) is 0 Å². The van der Waals surface area contributed by atoms with Crippen molar-refractivity contribution >= 4 is 28.7 Å². The fourth-order valence-electron chi connectivity index (χ4n) is 2.78. The molecule has 2 rings (SSSR count). The normalized spacial score (nSPS) is 29.4. The van der Waals surface area contributed by atoms with E-state index >= 15 is 0 Å². The number of rotatable bonds is 2. The van der Waals surface area contributed by atoms with Crippen LogP contribution in [-0.4, -0.2) is 52.5 Å². The first-order valence-corrected chi connectivity index (χ1v) is 8.58. The predicted octanol–water partition coefficient (Wildman–Crippen LogP) is 2.53. The van der Waals surface area contributed by atoms with Gasteiger partial charge in [0.2, 0.25) is 0 Å². The molecule has 20 heavy (non-hydrogen) atoms. The quantitative estimate of drug-likeness (QED) is 0.443. The van der Waals surface area contributed by atoms with Crippen LogP contribution in [-0.2, 0) is 9.47 Å². The third-order valence-corrected chi connectivity index (χ3v) is 5.29. The maximum Gasteiger partial charge on any atom is 0.407 e. The van der Waals surface area contributed by atoms with Gasteiger partial charge >= 0.3 is 6.09 Å². The SMILES string of the molecule is CC(C)(C)OC(=O)NC1CCN(C2CCOCC2)C1I. The molecule has 116 valence electrons. The topological polar surface area (TPSA) is 50.8 Å². The average Bonchev–Trinajstić information content (AvgIpc) is 2.70. The molecule has 0 saturated carbocycles. The molecule has 5 nitrogen and oxygen atoms in total. The van der Waals surface area contributed by atoms with Crippen LogP contribution >= 0.6 is 22.6 Å².